The van der Waals surface area contributed by atoms with Gasteiger partial charge in [-0.3, -0.25) is 4.90 Å². The number of ether oxygens (including phenoxy) is 2. The van der Waals surface area contributed by atoms with Crippen molar-refractivity contribution in [1.29, 1.82) is 0 Å². The molecule has 2 atom stereocenters. The van der Waals surface area contributed by atoms with Crippen molar-refractivity contribution >= 4 is 0 Å². The first-order valence-electron chi connectivity index (χ1n) is 7.91. The van der Waals surface area contributed by atoms with Crippen molar-refractivity contribution in [1.82, 2.24) is 4.90 Å². The van der Waals surface area contributed by atoms with Crippen LogP contribution in [0.3, 0.4) is 0 Å². The summed E-state index contributed by atoms with van der Waals surface area (Å²) >= 11 is 0. The summed E-state index contributed by atoms with van der Waals surface area (Å²) in [4.78, 5) is 2.54. The molecule has 2 unspecified atom stereocenters. The van der Waals surface area contributed by atoms with Crippen LogP contribution in [0.5, 0.6) is 11.5 Å². The van der Waals surface area contributed by atoms with Gasteiger partial charge in [-0.15, -0.1) is 0 Å². The van der Waals surface area contributed by atoms with E-state index in [4.69, 9.17) is 9.47 Å². The number of rotatable bonds is 3. The Bertz CT molecular complexity index is 656. The zero-order valence-electron chi connectivity index (χ0n) is 12.9. The van der Waals surface area contributed by atoms with Gasteiger partial charge in [-0.05, 0) is 11.6 Å². The van der Waals surface area contributed by atoms with Gasteiger partial charge in [0.05, 0.1) is 13.7 Å². The quantitative estimate of drug-likeness (QED) is 0.867. The van der Waals surface area contributed by atoms with Crippen molar-refractivity contribution in [2.45, 2.75) is 12.5 Å². The van der Waals surface area contributed by atoms with Crippen LogP contribution < -0.4 is 9.47 Å². The molecule has 2 aromatic rings. The maximum Gasteiger partial charge on any atom is 0.164 e. The van der Waals surface area contributed by atoms with Gasteiger partial charge in [-0.2, -0.15) is 0 Å². The SMILES string of the molecule is COc1cccc2c1OCC1CN(Cc3ccccc3)CC21. The van der Waals surface area contributed by atoms with Gasteiger partial charge >= 0.3 is 0 Å². The van der Waals surface area contributed by atoms with Crippen LogP contribution in [-0.2, 0) is 6.54 Å². The van der Waals surface area contributed by atoms with Crippen LogP contribution in [0, 0.1) is 5.92 Å². The van der Waals surface area contributed by atoms with Crippen LogP contribution in [-0.4, -0.2) is 31.7 Å². The third-order valence-corrected chi connectivity index (χ3v) is 4.84. The lowest BCUT2D eigenvalue weighted by Gasteiger charge is -2.28. The van der Waals surface area contributed by atoms with Crippen LogP contribution in [0.1, 0.15) is 17.0 Å². The second-order valence-corrected chi connectivity index (χ2v) is 6.24. The molecular weight excluding hydrogens is 274 g/mol. The summed E-state index contributed by atoms with van der Waals surface area (Å²) in [5, 5.41) is 0. The zero-order chi connectivity index (χ0) is 14.9. The molecule has 0 aromatic heterocycles. The number of benzene rings is 2. The van der Waals surface area contributed by atoms with Crippen molar-refractivity contribution in [3.8, 4) is 11.5 Å². The van der Waals surface area contributed by atoms with E-state index in [1.165, 1.54) is 11.1 Å². The molecule has 0 amide bonds. The monoisotopic (exact) mass is 295 g/mol. The molecule has 0 bridgehead atoms. The fourth-order valence-electron chi connectivity index (χ4n) is 3.78. The van der Waals surface area contributed by atoms with Gasteiger partial charge in [0.1, 0.15) is 0 Å². The molecule has 22 heavy (non-hydrogen) atoms. The van der Waals surface area contributed by atoms with Crippen LogP contribution in [0.15, 0.2) is 48.5 Å². The molecular formula is C19H21NO2. The second kappa shape index (κ2) is 5.65. The highest BCUT2D eigenvalue weighted by molar-refractivity contribution is 5.50. The summed E-state index contributed by atoms with van der Waals surface area (Å²) in [5.74, 6) is 2.95. The first kappa shape index (κ1) is 13.6. The average Bonchev–Trinajstić information content (AvgIpc) is 2.98. The minimum atomic E-state index is 0.558. The highest BCUT2D eigenvalue weighted by Gasteiger charge is 2.39. The predicted molar refractivity (Wildman–Crippen MR) is 86.4 cm³/mol. The molecule has 2 aliphatic heterocycles. The van der Waals surface area contributed by atoms with E-state index < -0.39 is 0 Å². The first-order chi connectivity index (χ1) is 10.8. The summed E-state index contributed by atoms with van der Waals surface area (Å²) in [7, 11) is 1.71. The molecule has 114 valence electrons. The number of methoxy groups -OCH3 is 1. The highest BCUT2D eigenvalue weighted by atomic mass is 16.5. The van der Waals surface area contributed by atoms with E-state index in [9.17, 15) is 0 Å². The molecule has 4 rings (SSSR count). The number of nitrogens with zero attached hydrogens (tertiary/aromatic N) is 1. The lowest BCUT2D eigenvalue weighted by Crippen LogP contribution is -2.25. The number of hydrogen-bond donors (Lipinski definition) is 0. The fourth-order valence-corrected chi connectivity index (χ4v) is 3.78. The second-order valence-electron chi connectivity index (χ2n) is 6.24. The molecule has 0 aliphatic carbocycles. The zero-order valence-corrected chi connectivity index (χ0v) is 12.9. The molecule has 0 spiro atoms. The molecule has 0 radical (unpaired) electrons. The molecule has 1 saturated heterocycles. The van der Waals surface area contributed by atoms with Gasteiger partial charge in [0.25, 0.3) is 0 Å². The molecule has 2 aromatic carbocycles. The smallest absolute Gasteiger partial charge is 0.164 e. The number of hydrogen-bond acceptors (Lipinski definition) is 3. The molecule has 0 saturated carbocycles. The van der Waals surface area contributed by atoms with Gasteiger partial charge in [-0.1, -0.05) is 42.5 Å². The van der Waals surface area contributed by atoms with Gasteiger partial charge in [-0.25, -0.2) is 0 Å². The van der Waals surface area contributed by atoms with Gasteiger partial charge in [0, 0.05) is 37.0 Å². The van der Waals surface area contributed by atoms with Crippen molar-refractivity contribution in [2.24, 2.45) is 5.92 Å². The fraction of sp³-hybridized carbons (Fsp3) is 0.368. The van der Waals surface area contributed by atoms with Gasteiger partial charge < -0.3 is 9.47 Å². The highest BCUT2D eigenvalue weighted by Crippen LogP contribution is 2.45. The Morgan fingerprint density at radius 1 is 1.09 bits per heavy atom. The normalized spacial score (nSPS) is 23.5. The van der Waals surface area contributed by atoms with Crippen molar-refractivity contribution in [2.75, 3.05) is 26.8 Å². The Labute approximate surface area is 131 Å². The number of fused-ring (bicyclic) bond motifs is 3. The minimum Gasteiger partial charge on any atom is -0.493 e. The molecule has 3 heteroatoms. The lowest BCUT2D eigenvalue weighted by atomic mass is 9.87. The summed E-state index contributed by atoms with van der Waals surface area (Å²) in [5.41, 5.74) is 2.69. The average molecular weight is 295 g/mol. The Kier molecular flexibility index (Phi) is 3.51. The van der Waals surface area contributed by atoms with Crippen LogP contribution >= 0.6 is 0 Å². The van der Waals surface area contributed by atoms with E-state index in [-0.39, 0.29) is 0 Å². The maximum absolute atomic E-state index is 6.01. The standard InChI is InChI=1S/C19H21NO2/c1-21-18-9-5-8-16-17-12-20(10-14-6-3-2-4-7-14)11-15(17)13-22-19(16)18/h2-9,15,17H,10-13H2,1H3. The maximum atomic E-state index is 6.01. The molecule has 2 heterocycles. The van der Waals surface area contributed by atoms with E-state index in [0.717, 1.165) is 37.7 Å². The van der Waals surface area contributed by atoms with Crippen LogP contribution in [0.4, 0.5) is 0 Å². The molecule has 0 N–H and O–H groups in total. The predicted octanol–water partition coefficient (Wildman–Crippen LogP) is 3.30. The Morgan fingerprint density at radius 2 is 1.95 bits per heavy atom. The topological polar surface area (TPSA) is 21.7 Å². The Balaban J connectivity index is 1.56. The Hall–Kier alpha value is -2.00. The lowest BCUT2D eigenvalue weighted by molar-refractivity contribution is 0.203. The number of para-hydroxylation sites is 1. The van der Waals surface area contributed by atoms with Crippen LogP contribution in [0.2, 0.25) is 0 Å². The van der Waals surface area contributed by atoms with E-state index in [0.29, 0.717) is 11.8 Å². The third-order valence-electron chi connectivity index (χ3n) is 4.84. The molecule has 1 fully saturated rings. The van der Waals surface area contributed by atoms with E-state index in [2.05, 4.69) is 47.4 Å². The van der Waals surface area contributed by atoms with E-state index >= 15 is 0 Å². The number of likely N-dealkylation sites (tertiary alicyclic amines) is 1. The summed E-state index contributed by atoms with van der Waals surface area (Å²) in [6, 6.07) is 17.0. The van der Waals surface area contributed by atoms with E-state index in [1.807, 2.05) is 6.07 Å². The van der Waals surface area contributed by atoms with Crippen LogP contribution in [0.25, 0.3) is 0 Å². The van der Waals surface area contributed by atoms with Gasteiger partial charge in [0.15, 0.2) is 11.5 Å². The first-order valence-corrected chi connectivity index (χ1v) is 7.91. The van der Waals surface area contributed by atoms with Crippen molar-refractivity contribution in [3.63, 3.8) is 0 Å². The van der Waals surface area contributed by atoms with Gasteiger partial charge in [0.2, 0.25) is 0 Å². The molecule has 2 aliphatic rings. The van der Waals surface area contributed by atoms with Crippen molar-refractivity contribution < 1.29 is 9.47 Å². The summed E-state index contributed by atoms with van der Waals surface area (Å²) in [6.45, 7) is 4.02. The third kappa shape index (κ3) is 2.35. The molecule has 3 nitrogen and oxygen atoms in total. The largest absolute Gasteiger partial charge is 0.493 e. The summed E-state index contributed by atoms with van der Waals surface area (Å²) in [6.07, 6.45) is 0. The Morgan fingerprint density at radius 3 is 2.77 bits per heavy atom. The summed E-state index contributed by atoms with van der Waals surface area (Å²) < 4.78 is 11.5. The minimum absolute atomic E-state index is 0.558. The van der Waals surface area contributed by atoms with Crippen molar-refractivity contribution in [3.05, 3.63) is 59.7 Å². The van der Waals surface area contributed by atoms with E-state index in [1.54, 1.807) is 7.11 Å².